The maximum absolute atomic E-state index is 13.4. The molecule has 1 aliphatic carbocycles. The highest BCUT2D eigenvalue weighted by Gasteiger charge is 2.49. The third-order valence-corrected chi connectivity index (χ3v) is 2.78. The second-order valence-corrected chi connectivity index (χ2v) is 3.68. The summed E-state index contributed by atoms with van der Waals surface area (Å²) in [5.41, 5.74) is 0.934. The molecule has 1 aliphatic heterocycles. The Balaban J connectivity index is 2.12. The van der Waals surface area contributed by atoms with E-state index in [1.165, 1.54) is 6.07 Å². The molecule has 1 aromatic rings. The first-order valence-corrected chi connectivity index (χ1v) is 4.42. The first kappa shape index (κ1) is 8.29. The monoisotopic (exact) mass is 200 g/mol. The number of benzene rings is 1. The van der Waals surface area contributed by atoms with Gasteiger partial charge in [-0.05, 0) is 17.7 Å². The van der Waals surface area contributed by atoms with Crippen LogP contribution in [-0.2, 0) is 11.2 Å². The Bertz CT molecular complexity index is 403. The number of fused-ring (bicyclic) bond motifs is 3. The number of halogens is 3. The van der Waals surface area contributed by atoms with Crippen LogP contribution in [0.2, 0.25) is 0 Å². The molecule has 74 valence electrons. The first-order chi connectivity index (χ1) is 6.66. The van der Waals surface area contributed by atoms with Crippen LogP contribution in [0.4, 0.5) is 13.2 Å². The summed E-state index contributed by atoms with van der Waals surface area (Å²) >= 11 is 0. The molecule has 0 radical (unpaired) electrons. The highest BCUT2D eigenvalue weighted by Crippen LogP contribution is 2.50. The predicted molar refractivity (Wildman–Crippen MR) is 42.7 cm³/mol. The van der Waals surface area contributed by atoms with E-state index in [1.807, 2.05) is 0 Å². The van der Waals surface area contributed by atoms with Crippen molar-refractivity contribution in [1.82, 2.24) is 0 Å². The quantitative estimate of drug-likeness (QED) is 0.635. The van der Waals surface area contributed by atoms with Crippen molar-refractivity contribution in [2.75, 3.05) is 0 Å². The average molecular weight is 200 g/mol. The number of hydrogen-bond donors (Lipinski definition) is 0. The van der Waals surface area contributed by atoms with Gasteiger partial charge in [-0.25, -0.2) is 13.2 Å². The van der Waals surface area contributed by atoms with Gasteiger partial charge in [0, 0.05) is 17.5 Å². The fourth-order valence-electron chi connectivity index (χ4n) is 2.08. The molecule has 4 heteroatoms. The minimum atomic E-state index is -2.60. The molecule has 0 N–H and O–H groups in total. The van der Waals surface area contributed by atoms with Crippen molar-refractivity contribution < 1.29 is 17.9 Å². The number of rotatable bonds is 1. The van der Waals surface area contributed by atoms with Crippen molar-refractivity contribution in [3.8, 4) is 0 Å². The van der Waals surface area contributed by atoms with Gasteiger partial charge in [-0.1, -0.05) is 0 Å². The highest BCUT2D eigenvalue weighted by atomic mass is 19.3. The van der Waals surface area contributed by atoms with E-state index in [9.17, 15) is 13.2 Å². The molecule has 0 spiro atoms. The third-order valence-electron chi connectivity index (χ3n) is 2.78. The van der Waals surface area contributed by atoms with Crippen molar-refractivity contribution in [3.63, 3.8) is 0 Å². The van der Waals surface area contributed by atoms with E-state index in [0.29, 0.717) is 17.5 Å². The molecule has 1 nitrogen and oxygen atoms in total. The molecule has 3 rings (SSSR count). The molecule has 0 aromatic heterocycles. The first-order valence-electron chi connectivity index (χ1n) is 4.42. The van der Waals surface area contributed by atoms with Gasteiger partial charge in [-0.15, -0.1) is 0 Å². The van der Waals surface area contributed by atoms with Gasteiger partial charge in [-0.3, -0.25) is 0 Å². The van der Waals surface area contributed by atoms with Crippen LogP contribution in [0.1, 0.15) is 29.2 Å². The Morgan fingerprint density at radius 3 is 2.86 bits per heavy atom. The fourth-order valence-corrected chi connectivity index (χ4v) is 2.08. The lowest BCUT2D eigenvalue weighted by atomic mass is 10.1. The molecule has 0 bridgehead atoms. The summed E-state index contributed by atoms with van der Waals surface area (Å²) in [6.45, 7) is 0. The fraction of sp³-hybridized carbons (Fsp3) is 0.400. The molecule has 2 aliphatic rings. The molecule has 1 saturated heterocycles. The van der Waals surface area contributed by atoms with Crippen LogP contribution in [-0.4, -0.2) is 6.10 Å². The molecule has 0 unspecified atom stereocenters. The average Bonchev–Trinajstić information content (AvgIpc) is 2.76. The Morgan fingerprint density at radius 1 is 1.36 bits per heavy atom. The SMILES string of the molecule is Fc1cc(C(F)F)cc2c1[C@H]1O[C@@H]1C2. The van der Waals surface area contributed by atoms with Crippen LogP contribution in [0.25, 0.3) is 0 Å². The van der Waals surface area contributed by atoms with E-state index in [2.05, 4.69) is 0 Å². The molecular weight excluding hydrogens is 193 g/mol. The van der Waals surface area contributed by atoms with Gasteiger partial charge < -0.3 is 4.74 Å². The van der Waals surface area contributed by atoms with Gasteiger partial charge in [-0.2, -0.15) is 0 Å². The van der Waals surface area contributed by atoms with Crippen LogP contribution in [0.15, 0.2) is 12.1 Å². The zero-order valence-electron chi connectivity index (χ0n) is 7.14. The number of hydrogen-bond acceptors (Lipinski definition) is 1. The second-order valence-electron chi connectivity index (χ2n) is 3.68. The van der Waals surface area contributed by atoms with Gasteiger partial charge in [0.15, 0.2) is 0 Å². The van der Waals surface area contributed by atoms with E-state index in [0.717, 1.165) is 6.07 Å². The Labute approximate surface area is 78.5 Å². The van der Waals surface area contributed by atoms with E-state index < -0.39 is 12.2 Å². The lowest BCUT2D eigenvalue weighted by molar-refractivity contribution is 0.150. The molecule has 1 fully saturated rings. The summed E-state index contributed by atoms with van der Waals surface area (Å²) in [5.74, 6) is -0.553. The zero-order chi connectivity index (χ0) is 9.87. The lowest BCUT2D eigenvalue weighted by Crippen LogP contribution is -1.96. The van der Waals surface area contributed by atoms with E-state index in [-0.39, 0.29) is 17.8 Å². The molecule has 1 heterocycles. The van der Waals surface area contributed by atoms with Gasteiger partial charge in [0.05, 0.1) is 6.10 Å². The van der Waals surface area contributed by atoms with Crippen molar-refractivity contribution in [3.05, 3.63) is 34.6 Å². The Kier molecular flexibility index (Phi) is 1.49. The largest absolute Gasteiger partial charge is 0.364 e. The van der Waals surface area contributed by atoms with Crippen LogP contribution in [0.5, 0.6) is 0 Å². The van der Waals surface area contributed by atoms with Crippen LogP contribution < -0.4 is 0 Å². The smallest absolute Gasteiger partial charge is 0.263 e. The lowest BCUT2D eigenvalue weighted by Gasteiger charge is -2.07. The van der Waals surface area contributed by atoms with Crippen molar-refractivity contribution in [2.45, 2.75) is 25.1 Å². The molecular formula is C10H7F3O. The number of alkyl halides is 2. The summed E-state index contributed by atoms with van der Waals surface area (Å²) in [5, 5.41) is 0. The third kappa shape index (κ3) is 1.00. The zero-order valence-corrected chi connectivity index (χ0v) is 7.14. The van der Waals surface area contributed by atoms with Gasteiger partial charge in [0.1, 0.15) is 11.9 Å². The molecule has 0 saturated carbocycles. The standard InChI is InChI=1S/C10H7F3O/c11-6-2-5(10(12)13)1-4-3-7-9(14-7)8(4)6/h1-2,7,9-10H,3H2/t7-,9+/m1/s1. The van der Waals surface area contributed by atoms with E-state index >= 15 is 0 Å². The van der Waals surface area contributed by atoms with Crippen LogP contribution in [0.3, 0.4) is 0 Å². The Morgan fingerprint density at radius 2 is 2.14 bits per heavy atom. The predicted octanol–water partition coefficient (Wildman–Crippen LogP) is 2.76. The maximum Gasteiger partial charge on any atom is 0.263 e. The number of epoxide rings is 1. The normalized spacial score (nSPS) is 27.7. The maximum atomic E-state index is 13.4. The van der Waals surface area contributed by atoms with E-state index in [4.69, 9.17) is 4.74 Å². The Hall–Kier alpha value is -1.03. The molecule has 0 amide bonds. The highest BCUT2D eigenvalue weighted by molar-refractivity contribution is 5.43. The van der Waals surface area contributed by atoms with Gasteiger partial charge in [0.25, 0.3) is 6.43 Å². The molecule has 14 heavy (non-hydrogen) atoms. The topological polar surface area (TPSA) is 12.5 Å². The number of ether oxygens (including phenoxy) is 1. The molecule has 2 atom stereocenters. The summed E-state index contributed by atoms with van der Waals surface area (Å²) in [7, 11) is 0. The minimum absolute atomic E-state index is 0.0347. The summed E-state index contributed by atoms with van der Waals surface area (Å²) in [6, 6.07) is 2.30. The second kappa shape index (κ2) is 2.51. The van der Waals surface area contributed by atoms with Crippen molar-refractivity contribution in [2.24, 2.45) is 0 Å². The van der Waals surface area contributed by atoms with Gasteiger partial charge in [0.2, 0.25) is 0 Å². The van der Waals surface area contributed by atoms with Crippen LogP contribution in [0, 0.1) is 5.82 Å². The summed E-state index contributed by atoms with van der Waals surface area (Å²) in [4.78, 5) is 0. The molecule has 1 aromatic carbocycles. The van der Waals surface area contributed by atoms with E-state index in [1.54, 1.807) is 0 Å². The summed E-state index contributed by atoms with van der Waals surface area (Å²) in [6.07, 6.45) is -2.17. The van der Waals surface area contributed by atoms with Gasteiger partial charge >= 0.3 is 0 Å². The van der Waals surface area contributed by atoms with Crippen LogP contribution >= 0.6 is 0 Å². The van der Waals surface area contributed by atoms with Crippen molar-refractivity contribution in [1.29, 1.82) is 0 Å². The van der Waals surface area contributed by atoms with Crippen molar-refractivity contribution >= 4 is 0 Å². The minimum Gasteiger partial charge on any atom is -0.364 e. The summed E-state index contributed by atoms with van der Waals surface area (Å²) < 4.78 is 43.2.